The van der Waals surface area contributed by atoms with Gasteiger partial charge in [0, 0.05) is 23.3 Å². The van der Waals surface area contributed by atoms with Gasteiger partial charge in [0.25, 0.3) is 0 Å². The molecule has 0 unspecified atom stereocenters. The lowest BCUT2D eigenvalue weighted by molar-refractivity contribution is 0.615. The lowest BCUT2D eigenvalue weighted by Gasteiger charge is -2.12. The second-order valence-electron chi connectivity index (χ2n) is 4.42. The highest BCUT2D eigenvalue weighted by molar-refractivity contribution is 7.11. The molecule has 0 amide bonds. The third-order valence-electron chi connectivity index (χ3n) is 2.40. The molecule has 0 spiro atoms. The first-order chi connectivity index (χ1) is 8.15. The van der Waals surface area contributed by atoms with E-state index in [9.17, 15) is 0 Å². The summed E-state index contributed by atoms with van der Waals surface area (Å²) in [5.41, 5.74) is 0. The number of hydrogen-bond donors (Lipinski definition) is 2. The Labute approximate surface area is 108 Å². The Hall–Kier alpha value is -1.03. The van der Waals surface area contributed by atoms with Crippen LogP contribution >= 0.6 is 11.3 Å². The first-order valence-corrected chi connectivity index (χ1v) is 6.99. The fraction of sp³-hybridized carbons (Fsp3) is 0.615. The van der Waals surface area contributed by atoms with Gasteiger partial charge in [-0.3, -0.25) is 4.99 Å². The fourth-order valence-corrected chi connectivity index (χ4v) is 2.30. The van der Waals surface area contributed by atoms with Crippen molar-refractivity contribution in [2.24, 2.45) is 10.9 Å². The molecule has 0 aliphatic heterocycles. The Balaban J connectivity index is 2.37. The number of aryl methyl sites for hydroxylation is 1. The molecule has 0 aliphatic rings. The lowest BCUT2D eigenvalue weighted by Crippen LogP contribution is -2.38. The van der Waals surface area contributed by atoms with Gasteiger partial charge in [-0.1, -0.05) is 20.8 Å². The van der Waals surface area contributed by atoms with Gasteiger partial charge in [0.2, 0.25) is 0 Å². The van der Waals surface area contributed by atoms with Crippen LogP contribution in [0.3, 0.4) is 0 Å². The van der Waals surface area contributed by atoms with Crippen molar-refractivity contribution in [3.8, 4) is 0 Å². The van der Waals surface area contributed by atoms with E-state index in [0.29, 0.717) is 5.92 Å². The van der Waals surface area contributed by atoms with Crippen molar-refractivity contribution >= 4 is 17.3 Å². The van der Waals surface area contributed by atoms with Crippen LogP contribution in [0.15, 0.2) is 17.1 Å². The Morgan fingerprint density at radius 2 is 2.00 bits per heavy atom. The molecule has 0 aromatic carbocycles. The molecule has 4 heteroatoms. The van der Waals surface area contributed by atoms with Crippen LogP contribution in [0.25, 0.3) is 0 Å². The Morgan fingerprint density at radius 3 is 2.53 bits per heavy atom. The number of nitrogens with one attached hydrogen (secondary N) is 2. The largest absolute Gasteiger partial charge is 0.356 e. The Bertz CT molecular complexity index is 355. The highest BCUT2D eigenvalue weighted by Crippen LogP contribution is 2.16. The summed E-state index contributed by atoms with van der Waals surface area (Å²) >= 11 is 1.86. The standard InChI is InChI=1S/C13H23N3S/c1-5-11-6-7-12(17-11)9-16-13(14-4)15-8-10(2)3/h6-7,10H,5,8-9H2,1-4H3,(H2,14,15,16). The van der Waals surface area contributed by atoms with Crippen LogP contribution in [-0.4, -0.2) is 19.6 Å². The summed E-state index contributed by atoms with van der Waals surface area (Å²) in [7, 11) is 1.81. The minimum Gasteiger partial charge on any atom is -0.356 e. The summed E-state index contributed by atoms with van der Waals surface area (Å²) in [6, 6.07) is 4.39. The summed E-state index contributed by atoms with van der Waals surface area (Å²) in [6.07, 6.45) is 1.12. The molecular weight excluding hydrogens is 230 g/mol. The maximum absolute atomic E-state index is 4.20. The number of thiophene rings is 1. The van der Waals surface area contributed by atoms with Crippen LogP contribution in [0, 0.1) is 5.92 Å². The van der Waals surface area contributed by atoms with Crippen molar-refractivity contribution < 1.29 is 0 Å². The van der Waals surface area contributed by atoms with Crippen molar-refractivity contribution in [2.75, 3.05) is 13.6 Å². The average molecular weight is 253 g/mol. The molecule has 1 aromatic heterocycles. The molecule has 1 heterocycles. The molecule has 17 heavy (non-hydrogen) atoms. The topological polar surface area (TPSA) is 36.4 Å². The number of aliphatic imine (C=N–C) groups is 1. The van der Waals surface area contributed by atoms with Gasteiger partial charge in [0.1, 0.15) is 0 Å². The zero-order chi connectivity index (χ0) is 12.7. The van der Waals surface area contributed by atoms with Gasteiger partial charge in [0.15, 0.2) is 5.96 Å². The van der Waals surface area contributed by atoms with Crippen LogP contribution in [0.2, 0.25) is 0 Å². The summed E-state index contributed by atoms with van der Waals surface area (Å²) in [6.45, 7) is 8.36. The molecule has 3 nitrogen and oxygen atoms in total. The van der Waals surface area contributed by atoms with E-state index in [1.807, 2.05) is 18.4 Å². The number of guanidine groups is 1. The Kier molecular flexibility index (Phi) is 6.05. The van der Waals surface area contributed by atoms with Crippen LogP contribution in [0.5, 0.6) is 0 Å². The molecular formula is C13H23N3S. The van der Waals surface area contributed by atoms with Gasteiger partial charge in [0.05, 0.1) is 6.54 Å². The van der Waals surface area contributed by atoms with E-state index < -0.39 is 0 Å². The maximum atomic E-state index is 4.20. The number of nitrogens with zero attached hydrogens (tertiary/aromatic N) is 1. The van der Waals surface area contributed by atoms with E-state index in [-0.39, 0.29) is 0 Å². The number of hydrogen-bond acceptors (Lipinski definition) is 2. The van der Waals surface area contributed by atoms with E-state index in [0.717, 1.165) is 25.5 Å². The van der Waals surface area contributed by atoms with Gasteiger partial charge in [-0.05, 0) is 24.5 Å². The molecule has 1 aromatic rings. The zero-order valence-corrected chi connectivity index (χ0v) is 12.0. The molecule has 2 N–H and O–H groups in total. The van der Waals surface area contributed by atoms with E-state index in [2.05, 4.69) is 48.5 Å². The Morgan fingerprint density at radius 1 is 1.29 bits per heavy atom. The SMILES string of the molecule is CCc1ccc(CNC(=NC)NCC(C)C)s1. The third-order valence-corrected chi connectivity index (χ3v) is 3.63. The summed E-state index contributed by atoms with van der Waals surface area (Å²) in [5.74, 6) is 1.51. The summed E-state index contributed by atoms with van der Waals surface area (Å²) < 4.78 is 0. The highest BCUT2D eigenvalue weighted by atomic mass is 32.1. The lowest BCUT2D eigenvalue weighted by atomic mass is 10.2. The summed E-state index contributed by atoms with van der Waals surface area (Å²) in [5, 5.41) is 6.63. The van der Waals surface area contributed by atoms with Crippen molar-refractivity contribution in [1.29, 1.82) is 0 Å². The monoisotopic (exact) mass is 253 g/mol. The van der Waals surface area contributed by atoms with Crippen molar-refractivity contribution in [3.05, 3.63) is 21.9 Å². The molecule has 1 rings (SSSR count). The van der Waals surface area contributed by atoms with Crippen LogP contribution in [-0.2, 0) is 13.0 Å². The van der Waals surface area contributed by atoms with Crippen molar-refractivity contribution in [2.45, 2.75) is 33.7 Å². The van der Waals surface area contributed by atoms with Gasteiger partial charge in [-0.25, -0.2) is 0 Å². The van der Waals surface area contributed by atoms with Crippen LogP contribution in [0.1, 0.15) is 30.5 Å². The zero-order valence-electron chi connectivity index (χ0n) is 11.2. The van der Waals surface area contributed by atoms with Crippen molar-refractivity contribution in [1.82, 2.24) is 10.6 Å². The maximum Gasteiger partial charge on any atom is 0.191 e. The molecule has 0 bridgehead atoms. The van der Waals surface area contributed by atoms with Gasteiger partial charge in [-0.2, -0.15) is 0 Å². The highest BCUT2D eigenvalue weighted by Gasteiger charge is 2.01. The van der Waals surface area contributed by atoms with Gasteiger partial charge >= 0.3 is 0 Å². The van der Waals surface area contributed by atoms with Crippen molar-refractivity contribution in [3.63, 3.8) is 0 Å². The molecule has 0 saturated carbocycles. The minimum atomic E-state index is 0.627. The smallest absolute Gasteiger partial charge is 0.191 e. The quantitative estimate of drug-likeness (QED) is 0.625. The predicted octanol–water partition coefficient (Wildman–Crippen LogP) is 2.63. The second-order valence-corrected chi connectivity index (χ2v) is 5.67. The molecule has 0 aliphatic carbocycles. The molecule has 96 valence electrons. The van der Waals surface area contributed by atoms with E-state index in [4.69, 9.17) is 0 Å². The van der Waals surface area contributed by atoms with E-state index >= 15 is 0 Å². The van der Waals surface area contributed by atoms with E-state index in [1.54, 1.807) is 0 Å². The summed E-state index contributed by atoms with van der Waals surface area (Å²) in [4.78, 5) is 6.99. The van der Waals surface area contributed by atoms with Gasteiger partial charge in [-0.15, -0.1) is 11.3 Å². The average Bonchev–Trinajstić information content (AvgIpc) is 2.77. The third kappa shape index (κ3) is 5.22. The molecule has 0 atom stereocenters. The number of rotatable bonds is 5. The molecule has 0 radical (unpaired) electrons. The minimum absolute atomic E-state index is 0.627. The first kappa shape index (κ1) is 14.0. The van der Waals surface area contributed by atoms with E-state index in [1.165, 1.54) is 9.75 Å². The molecule has 0 saturated heterocycles. The predicted molar refractivity (Wildman–Crippen MR) is 76.7 cm³/mol. The fourth-order valence-electron chi connectivity index (χ4n) is 1.40. The normalized spacial score (nSPS) is 11.9. The van der Waals surface area contributed by atoms with Gasteiger partial charge < -0.3 is 10.6 Å². The van der Waals surface area contributed by atoms with Crippen LogP contribution < -0.4 is 10.6 Å². The second kappa shape index (κ2) is 7.33. The first-order valence-electron chi connectivity index (χ1n) is 6.17. The van der Waals surface area contributed by atoms with Crippen LogP contribution in [0.4, 0.5) is 0 Å². The molecule has 0 fully saturated rings.